The quantitative estimate of drug-likeness (QED) is 0.633. The standard InChI is InChI=1S/C19H18Cl2N2/c20-16-5-6-17-15(12-16)4-3-14-2-1-9-22-19(14)18(17)13-7-10-23(21)11-8-13/h1-2,5-6,9,12H,3-4,7-8,10-11H2. The third-order valence-corrected chi connectivity index (χ3v) is 5.37. The summed E-state index contributed by atoms with van der Waals surface area (Å²) in [6.45, 7) is 1.79. The number of aromatic nitrogens is 1. The van der Waals surface area contributed by atoms with E-state index in [0.29, 0.717) is 0 Å². The number of aryl methyl sites for hydroxylation is 2. The molecule has 0 bridgehead atoms. The zero-order chi connectivity index (χ0) is 15.8. The summed E-state index contributed by atoms with van der Waals surface area (Å²) in [5.74, 6) is 0. The summed E-state index contributed by atoms with van der Waals surface area (Å²) in [6.07, 6.45) is 5.91. The van der Waals surface area contributed by atoms with E-state index in [9.17, 15) is 0 Å². The highest BCUT2D eigenvalue weighted by molar-refractivity contribution is 6.30. The van der Waals surface area contributed by atoms with Crippen molar-refractivity contribution in [1.29, 1.82) is 0 Å². The van der Waals surface area contributed by atoms with Gasteiger partial charge in [0.05, 0.1) is 5.69 Å². The minimum Gasteiger partial charge on any atom is -0.256 e. The average molecular weight is 345 g/mol. The van der Waals surface area contributed by atoms with E-state index in [2.05, 4.69) is 18.2 Å². The first-order chi connectivity index (χ1) is 11.2. The van der Waals surface area contributed by atoms with Gasteiger partial charge in [-0.2, -0.15) is 0 Å². The Morgan fingerprint density at radius 3 is 2.57 bits per heavy atom. The first kappa shape index (κ1) is 15.2. The number of fused-ring (bicyclic) bond motifs is 2. The van der Waals surface area contributed by atoms with Crippen molar-refractivity contribution in [3.8, 4) is 0 Å². The fourth-order valence-corrected chi connectivity index (χ4v) is 4.00. The van der Waals surface area contributed by atoms with Crippen molar-refractivity contribution in [1.82, 2.24) is 9.40 Å². The molecule has 23 heavy (non-hydrogen) atoms. The zero-order valence-corrected chi connectivity index (χ0v) is 14.4. The minimum atomic E-state index is 0.808. The molecule has 0 atom stereocenters. The summed E-state index contributed by atoms with van der Waals surface area (Å²) in [7, 11) is 0. The van der Waals surface area contributed by atoms with Crippen molar-refractivity contribution < 1.29 is 0 Å². The topological polar surface area (TPSA) is 16.1 Å². The second-order valence-electron chi connectivity index (χ2n) is 6.20. The lowest BCUT2D eigenvalue weighted by atomic mass is 9.89. The Labute approximate surface area is 146 Å². The van der Waals surface area contributed by atoms with E-state index in [1.165, 1.54) is 27.8 Å². The van der Waals surface area contributed by atoms with E-state index in [0.717, 1.165) is 49.5 Å². The number of rotatable bonds is 0. The maximum absolute atomic E-state index is 6.24. The van der Waals surface area contributed by atoms with E-state index in [4.69, 9.17) is 28.4 Å². The Morgan fingerprint density at radius 1 is 0.957 bits per heavy atom. The summed E-state index contributed by atoms with van der Waals surface area (Å²) in [4.78, 5) is 4.74. The molecule has 0 N–H and O–H groups in total. The number of benzene rings is 1. The van der Waals surface area contributed by atoms with E-state index in [1.807, 2.05) is 22.7 Å². The summed E-state index contributed by atoms with van der Waals surface area (Å²) < 4.78 is 1.88. The largest absolute Gasteiger partial charge is 0.256 e. The summed E-state index contributed by atoms with van der Waals surface area (Å²) in [6, 6.07) is 10.5. The van der Waals surface area contributed by atoms with E-state index in [-0.39, 0.29) is 0 Å². The Balaban J connectivity index is 1.94. The van der Waals surface area contributed by atoms with Gasteiger partial charge in [0.15, 0.2) is 0 Å². The van der Waals surface area contributed by atoms with Gasteiger partial charge in [-0.15, -0.1) is 0 Å². The van der Waals surface area contributed by atoms with E-state index < -0.39 is 0 Å². The number of nitrogens with zero attached hydrogens (tertiary/aromatic N) is 2. The van der Waals surface area contributed by atoms with Gasteiger partial charge >= 0.3 is 0 Å². The highest BCUT2D eigenvalue weighted by Gasteiger charge is 2.24. The lowest BCUT2D eigenvalue weighted by molar-refractivity contribution is 0.421. The van der Waals surface area contributed by atoms with Crippen LogP contribution in [0, 0.1) is 0 Å². The minimum absolute atomic E-state index is 0.808. The summed E-state index contributed by atoms with van der Waals surface area (Å²) >= 11 is 12.4. The van der Waals surface area contributed by atoms with Crippen LogP contribution in [0.1, 0.15) is 35.2 Å². The van der Waals surface area contributed by atoms with Crippen molar-refractivity contribution in [2.24, 2.45) is 0 Å². The molecule has 4 rings (SSSR count). The first-order valence-electron chi connectivity index (χ1n) is 8.08. The molecule has 0 unspecified atom stereocenters. The Morgan fingerprint density at radius 2 is 1.74 bits per heavy atom. The number of halogens is 2. The van der Waals surface area contributed by atoms with Crippen molar-refractivity contribution in [2.45, 2.75) is 25.7 Å². The van der Waals surface area contributed by atoms with Gasteiger partial charge in [0, 0.05) is 29.9 Å². The fourth-order valence-electron chi connectivity index (χ4n) is 3.63. The molecule has 1 aliphatic heterocycles. The van der Waals surface area contributed by atoms with Gasteiger partial charge in [0.2, 0.25) is 0 Å². The predicted octanol–water partition coefficient (Wildman–Crippen LogP) is 4.89. The molecule has 4 heteroatoms. The molecule has 1 fully saturated rings. The van der Waals surface area contributed by atoms with Crippen molar-refractivity contribution in [2.75, 3.05) is 13.1 Å². The SMILES string of the molecule is Clc1ccc2c(c1)CCc1cccnc1C2=C1CCN(Cl)CC1. The van der Waals surface area contributed by atoms with Crippen LogP contribution in [-0.2, 0) is 12.8 Å². The molecular formula is C19H18Cl2N2. The maximum atomic E-state index is 6.24. The van der Waals surface area contributed by atoms with Crippen LogP contribution in [0.3, 0.4) is 0 Å². The van der Waals surface area contributed by atoms with Gasteiger partial charge in [-0.25, -0.2) is 4.42 Å². The smallest absolute Gasteiger partial charge is 0.0739 e. The highest BCUT2D eigenvalue weighted by Crippen LogP contribution is 2.38. The third kappa shape index (κ3) is 2.91. The van der Waals surface area contributed by atoms with E-state index >= 15 is 0 Å². The summed E-state index contributed by atoms with van der Waals surface area (Å²) in [5, 5.41) is 0.808. The molecule has 0 spiro atoms. The van der Waals surface area contributed by atoms with Gasteiger partial charge in [0.25, 0.3) is 0 Å². The number of hydrogen-bond donors (Lipinski definition) is 0. The highest BCUT2D eigenvalue weighted by atomic mass is 35.5. The number of hydrogen-bond acceptors (Lipinski definition) is 2. The van der Waals surface area contributed by atoms with Crippen LogP contribution in [0.25, 0.3) is 5.57 Å². The second-order valence-corrected chi connectivity index (χ2v) is 7.12. The van der Waals surface area contributed by atoms with Crippen molar-refractivity contribution in [3.05, 3.63) is 69.5 Å². The third-order valence-electron chi connectivity index (χ3n) is 4.79. The molecule has 2 heterocycles. The first-order valence-corrected chi connectivity index (χ1v) is 8.80. The molecule has 118 valence electrons. The van der Waals surface area contributed by atoms with Crippen molar-refractivity contribution in [3.63, 3.8) is 0 Å². The van der Waals surface area contributed by atoms with Gasteiger partial charge in [-0.05, 0) is 72.3 Å². The van der Waals surface area contributed by atoms with E-state index in [1.54, 1.807) is 0 Å². The van der Waals surface area contributed by atoms with Gasteiger partial charge in [0.1, 0.15) is 0 Å². The van der Waals surface area contributed by atoms with Gasteiger partial charge in [-0.1, -0.05) is 29.3 Å². The Hall–Kier alpha value is -1.35. The van der Waals surface area contributed by atoms with Crippen LogP contribution in [0.2, 0.25) is 5.02 Å². The zero-order valence-electron chi connectivity index (χ0n) is 12.9. The number of pyridine rings is 1. The van der Waals surface area contributed by atoms with Crippen LogP contribution in [-0.4, -0.2) is 22.5 Å². The maximum Gasteiger partial charge on any atom is 0.0739 e. The lowest BCUT2D eigenvalue weighted by Crippen LogP contribution is -2.22. The molecule has 1 aromatic carbocycles. The second kappa shape index (κ2) is 6.27. The van der Waals surface area contributed by atoms with Crippen LogP contribution < -0.4 is 0 Å². The summed E-state index contributed by atoms with van der Waals surface area (Å²) in [5.41, 5.74) is 7.88. The van der Waals surface area contributed by atoms with Gasteiger partial charge < -0.3 is 0 Å². The molecule has 0 amide bonds. The fraction of sp³-hybridized carbons (Fsp3) is 0.316. The average Bonchev–Trinajstić information content (AvgIpc) is 2.72. The Bertz CT molecular complexity index is 773. The Kier molecular flexibility index (Phi) is 4.14. The molecule has 0 radical (unpaired) electrons. The monoisotopic (exact) mass is 344 g/mol. The van der Waals surface area contributed by atoms with Crippen LogP contribution in [0.5, 0.6) is 0 Å². The molecule has 1 saturated heterocycles. The molecule has 1 aliphatic carbocycles. The normalized spacial score (nSPS) is 18.3. The van der Waals surface area contributed by atoms with Gasteiger partial charge in [-0.3, -0.25) is 4.98 Å². The van der Waals surface area contributed by atoms with Crippen LogP contribution >= 0.6 is 23.4 Å². The molecular weight excluding hydrogens is 327 g/mol. The molecule has 1 aromatic heterocycles. The van der Waals surface area contributed by atoms with Crippen LogP contribution in [0.15, 0.2) is 42.1 Å². The molecule has 2 nitrogen and oxygen atoms in total. The molecule has 2 aromatic rings. The van der Waals surface area contributed by atoms with Crippen LogP contribution in [0.4, 0.5) is 0 Å². The number of piperidine rings is 1. The van der Waals surface area contributed by atoms with Crippen molar-refractivity contribution >= 4 is 29.0 Å². The molecule has 2 aliphatic rings. The molecule has 0 saturated carbocycles. The predicted molar refractivity (Wildman–Crippen MR) is 95.8 cm³/mol. The lowest BCUT2D eigenvalue weighted by Gasteiger charge is -2.25.